The minimum absolute atomic E-state index is 0.00610. The van der Waals surface area contributed by atoms with Gasteiger partial charge in [0.1, 0.15) is 10.7 Å². The van der Waals surface area contributed by atoms with Crippen LogP contribution in [0, 0.1) is 0 Å². The maximum absolute atomic E-state index is 12.8. The second-order valence-corrected chi connectivity index (χ2v) is 7.84. The van der Waals surface area contributed by atoms with Crippen LogP contribution in [0.25, 0.3) is 33.0 Å². The SMILES string of the molecule is O=C(O)c1cc(-c2nc(-c3ccc(C(F)(F)F)cc3)cs2)ccc1-c1ccccc1N(O)O. The number of aromatic nitrogens is 1. The maximum Gasteiger partial charge on any atom is 0.416 e. The molecular formula is C23H15F3N2O4S. The van der Waals surface area contributed by atoms with Gasteiger partial charge < -0.3 is 5.11 Å². The van der Waals surface area contributed by atoms with Gasteiger partial charge in [-0.1, -0.05) is 42.5 Å². The molecule has 168 valence electrons. The molecule has 33 heavy (non-hydrogen) atoms. The molecule has 0 aliphatic heterocycles. The molecule has 1 heterocycles. The first-order valence-corrected chi connectivity index (χ1v) is 10.3. The van der Waals surface area contributed by atoms with Crippen LogP contribution in [0.4, 0.5) is 18.9 Å². The predicted molar refractivity (Wildman–Crippen MR) is 116 cm³/mol. The monoisotopic (exact) mass is 472 g/mol. The molecule has 4 rings (SSSR count). The molecule has 3 aromatic carbocycles. The van der Waals surface area contributed by atoms with E-state index in [2.05, 4.69) is 4.98 Å². The van der Waals surface area contributed by atoms with Crippen molar-refractivity contribution in [2.24, 2.45) is 0 Å². The van der Waals surface area contributed by atoms with E-state index in [0.717, 1.165) is 12.1 Å². The second-order valence-electron chi connectivity index (χ2n) is 6.99. The molecule has 0 unspecified atom stereocenters. The number of rotatable bonds is 5. The number of aromatic carboxylic acids is 1. The molecule has 0 spiro atoms. The van der Waals surface area contributed by atoms with Crippen LogP contribution in [-0.4, -0.2) is 26.5 Å². The summed E-state index contributed by atoms with van der Waals surface area (Å²) in [4.78, 5) is 16.4. The summed E-state index contributed by atoms with van der Waals surface area (Å²) in [5.74, 6) is -1.22. The molecule has 0 atom stereocenters. The molecule has 4 aromatic rings. The van der Waals surface area contributed by atoms with Crippen molar-refractivity contribution in [3.05, 3.63) is 83.2 Å². The van der Waals surface area contributed by atoms with Crippen LogP contribution < -0.4 is 5.23 Å². The highest BCUT2D eigenvalue weighted by atomic mass is 32.1. The number of hydrogen-bond donors (Lipinski definition) is 3. The Morgan fingerprint density at radius 3 is 2.21 bits per heavy atom. The first-order chi connectivity index (χ1) is 15.6. The molecule has 1 aromatic heterocycles. The van der Waals surface area contributed by atoms with Gasteiger partial charge >= 0.3 is 12.1 Å². The van der Waals surface area contributed by atoms with Crippen molar-refractivity contribution >= 4 is 23.0 Å². The van der Waals surface area contributed by atoms with Crippen LogP contribution in [-0.2, 0) is 6.18 Å². The predicted octanol–water partition coefficient (Wildman–Crippen LogP) is 6.45. The molecule has 6 nitrogen and oxygen atoms in total. The standard InChI is InChI=1S/C23H15F3N2O4S/c24-23(25,26)15-8-5-13(6-9-15)19-12-33-21(27-19)14-7-10-16(18(11-14)22(29)30)17-3-1-2-4-20(17)28(31)32/h1-12,31-32H,(H,29,30). The Balaban J connectivity index is 1.71. The fourth-order valence-corrected chi connectivity index (χ4v) is 4.16. The number of carbonyl (C=O) groups is 1. The summed E-state index contributed by atoms with van der Waals surface area (Å²) in [6.45, 7) is 0. The molecule has 0 saturated carbocycles. The van der Waals surface area contributed by atoms with Crippen LogP contribution in [0.5, 0.6) is 0 Å². The van der Waals surface area contributed by atoms with Gasteiger partial charge in [-0.2, -0.15) is 13.2 Å². The second kappa shape index (κ2) is 8.66. The first kappa shape index (κ1) is 22.5. The van der Waals surface area contributed by atoms with Gasteiger partial charge in [0, 0.05) is 22.1 Å². The molecular weight excluding hydrogens is 457 g/mol. The van der Waals surface area contributed by atoms with Gasteiger partial charge in [0.15, 0.2) is 0 Å². The number of carboxylic acid groups (broad SMARTS) is 1. The van der Waals surface area contributed by atoms with Crippen molar-refractivity contribution < 1.29 is 33.5 Å². The van der Waals surface area contributed by atoms with Crippen molar-refractivity contribution in [2.75, 3.05) is 5.23 Å². The number of carboxylic acids is 1. The fourth-order valence-electron chi connectivity index (χ4n) is 3.33. The summed E-state index contributed by atoms with van der Waals surface area (Å²) < 4.78 is 38.3. The quantitative estimate of drug-likeness (QED) is 0.289. The van der Waals surface area contributed by atoms with Crippen LogP contribution in [0.1, 0.15) is 15.9 Å². The third kappa shape index (κ3) is 4.58. The highest BCUT2D eigenvalue weighted by Crippen LogP contribution is 2.36. The lowest BCUT2D eigenvalue weighted by atomic mass is 9.96. The van der Waals surface area contributed by atoms with Crippen molar-refractivity contribution in [1.82, 2.24) is 4.98 Å². The van der Waals surface area contributed by atoms with Gasteiger partial charge in [0.05, 0.1) is 16.8 Å². The zero-order valence-electron chi connectivity index (χ0n) is 16.6. The summed E-state index contributed by atoms with van der Waals surface area (Å²) >= 11 is 1.22. The Bertz CT molecular complexity index is 1320. The number of alkyl halides is 3. The van der Waals surface area contributed by atoms with Crippen LogP contribution in [0.2, 0.25) is 0 Å². The molecule has 0 saturated heterocycles. The summed E-state index contributed by atoms with van der Waals surface area (Å²) in [5, 5.41) is 30.8. The lowest BCUT2D eigenvalue weighted by Gasteiger charge is -2.15. The Hall–Kier alpha value is -3.73. The lowest BCUT2D eigenvalue weighted by Crippen LogP contribution is -2.12. The van der Waals surface area contributed by atoms with E-state index >= 15 is 0 Å². The molecule has 0 fully saturated rings. The summed E-state index contributed by atoms with van der Waals surface area (Å²) in [5.41, 5.74) is 1.21. The number of hydrogen-bond acceptors (Lipinski definition) is 6. The number of nitrogens with zero attached hydrogens (tertiary/aromatic N) is 2. The third-order valence-corrected chi connectivity index (χ3v) is 5.81. The van der Waals surface area contributed by atoms with E-state index in [1.165, 1.54) is 35.6 Å². The lowest BCUT2D eigenvalue weighted by molar-refractivity contribution is -0.137. The number of anilines is 1. The van der Waals surface area contributed by atoms with Crippen molar-refractivity contribution in [2.45, 2.75) is 6.18 Å². The van der Waals surface area contributed by atoms with E-state index in [9.17, 15) is 33.5 Å². The molecule has 3 N–H and O–H groups in total. The minimum Gasteiger partial charge on any atom is -0.478 e. The van der Waals surface area contributed by atoms with Gasteiger partial charge in [-0.3, -0.25) is 10.4 Å². The fraction of sp³-hybridized carbons (Fsp3) is 0.0435. The highest BCUT2D eigenvalue weighted by molar-refractivity contribution is 7.13. The molecule has 0 amide bonds. The molecule has 0 radical (unpaired) electrons. The zero-order chi connectivity index (χ0) is 23.8. The Morgan fingerprint density at radius 1 is 0.909 bits per heavy atom. The Labute approximate surface area is 189 Å². The number of halogens is 3. The van der Waals surface area contributed by atoms with Crippen LogP contribution >= 0.6 is 11.3 Å². The van der Waals surface area contributed by atoms with Gasteiger partial charge in [-0.15, -0.1) is 16.6 Å². The van der Waals surface area contributed by atoms with Gasteiger partial charge in [-0.25, -0.2) is 9.78 Å². The van der Waals surface area contributed by atoms with E-state index in [4.69, 9.17) is 0 Å². The summed E-state index contributed by atoms with van der Waals surface area (Å²) in [7, 11) is 0. The smallest absolute Gasteiger partial charge is 0.416 e. The van der Waals surface area contributed by atoms with Gasteiger partial charge in [-0.05, 0) is 29.8 Å². The molecule has 0 aliphatic rings. The minimum atomic E-state index is -4.43. The molecule has 0 aliphatic carbocycles. The van der Waals surface area contributed by atoms with E-state index in [0.29, 0.717) is 27.4 Å². The summed E-state index contributed by atoms with van der Waals surface area (Å²) in [6.07, 6.45) is -4.43. The van der Waals surface area contributed by atoms with E-state index in [1.807, 2.05) is 0 Å². The zero-order valence-corrected chi connectivity index (χ0v) is 17.4. The average Bonchev–Trinajstić information content (AvgIpc) is 3.28. The number of para-hydroxylation sites is 1. The van der Waals surface area contributed by atoms with E-state index < -0.39 is 17.7 Å². The van der Waals surface area contributed by atoms with Crippen LogP contribution in [0.3, 0.4) is 0 Å². The third-order valence-electron chi connectivity index (χ3n) is 4.92. The molecule has 0 bridgehead atoms. The molecule has 10 heteroatoms. The Morgan fingerprint density at radius 2 is 1.58 bits per heavy atom. The number of thiazole rings is 1. The average molecular weight is 472 g/mol. The van der Waals surface area contributed by atoms with Gasteiger partial charge in [0.25, 0.3) is 0 Å². The number of benzene rings is 3. The normalized spacial score (nSPS) is 11.4. The largest absolute Gasteiger partial charge is 0.478 e. The first-order valence-electron chi connectivity index (χ1n) is 9.43. The summed E-state index contributed by atoms with van der Waals surface area (Å²) in [6, 6.07) is 15.4. The topological polar surface area (TPSA) is 93.9 Å². The van der Waals surface area contributed by atoms with Crippen molar-refractivity contribution in [3.63, 3.8) is 0 Å². The highest BCUT2D eigenvalue weighted by Gasteiger charge is 2.30. The van der Waals surface area contributed by atoms with Crippen molar-refractivity contribution in [3.8, 4) is 33.0 Å². The Kier molecular flexibility index (Phi) is 5.90. The van der Waals surface area contributed by atoms with E-state index in [-0.39, 0.29) is 22.0 Å². The van der Waals surface area contributed by atoms with Crippen molar-refractivity contribution in [1.29, 1.82) is 0 Å². The van der Waals surface area contributed by atoms with Gasteiger partial charge in [0.2, 0.25) is 0 Å². The van der Waals surface area contributed by atoms with Crippen LogP contribution in [0.15, 0.2) is 72.1 Å². The van der Waals surface area contributed by atoms with E-state index in [1.54, 1.807) is 35.7 Å². The maximum atomic E-state index is 12.8.